The van der Waals surface area contributed by atoms with E-state index in [1.165, 1.54) is 20.8 Å². The molecule has 0 aliphatic rings. The zero-order chi connectivity index (χ0) is 36.9. The van der Waals surface area contributed by atoms with Gasteiger partial charge in [-0.3, -0.25) is 0 Å². The van der Waals surface area contributed by atoms with Gasteiger partial charge < -0.3 is 19.9 Å². The van der Waals surface area contributed by atoms with Gasteiger partial charge in [0.2, 0.25) is 0 Å². The molecule has 0 aromatic heterocycles. The van der Waals surface area contributed by atoms with Crippen molar-refractivity contribution in [3.8, 4) is 5.75 Å². The van der Waals surface area contributed by atoms with Crippen LogP contribution in [0.25, 0.3) is 0 Å². The van der Waals surface area contributed by atoms with Gasteiger partial charge >= 0.3 is 57.4 Å². The third kappa shape index (κ3) is 6.97. The lowest BCUT2D eigenvalue weighted by Gasteiger charge is -2.43. The molecule has 2 N–H and O–H groups in total. The van der Waals surface area contributed by atoms with E-state index in [0.717, 1.165) is 7.11 Å². The third-order valence-electron chi connectivity index (χ3n) is 5.74. The van der Waals surface area contributed by atoms with Crippen molar-refractivity contribution in [2.75, 3.05) is 7.11 Å². The molecule has 23 heteroatoms. The van der Waals surface area contributed by atoms with Crippen LogP contribution in [0.4, 0.5) is 75.0 Å². The Balaban J connectivity index is 3.72. The summed E-state index contributed by atoms with van der Waals surface area (Å²) in [5.41, 5.74) is -4.90. The van der Waals surface area contributed by atoms with E-state index in [1.807, 2.05) is 5.32 Å². The van der Waals surface area contributed by atoms with E-state index in [0.29, 0.717) is 6.07 Å². The number of amides is 1. The number of nitrogens with one attached hydrogen (secondary N) is 1. The summed E-state index contributed by atoms with van der Waals surface area (Å²) in [4.78, 5) is 24.1. The lowest BCUT2D eigenvalue weighted by molar-refractivity contribution is -0.449. The SMILES string of the molecule is COC(=O)C(Cc1ccc(O)c(C(F)(F)C(F)(F)C(F)(F)C(F)(F)C(F)(F)C(F)(F)C(F)(F)C(F)(F)I)c1)NC(=O)OC(C)(C)C. The highest BCUT2D eigenvalue weighted by atomic mass is 127. The van der Waals surface area contributed by atoms with Gasteiger partial charge in [-0.25, -0.2) is 9.59 Å². The minimum atomic E-state index is -8.64. The van der Waals surface area contributed by atoms with Crippen molar-refractivity contribution in [1.29, 1.82) is 0 Å². The molecular formula is C23H20F16INO5. The molecule has 1 amide bonds. The molecule has 1 atom stereocenters. The van der Waals surface area contributed by atoms with Crippen molar-refractivity contribution in [1.82, 2.24) is 5.32 Å². The molecule has 0 aliphatic carbocycles. The third-order valence-corrected chi connectivity index (χ3v) is 6.42. The molecule has 1 unspecified atom stereocenters. The minimum Gasteiger partial charge on any atom is -0.507 e. The van der Waals surface area contributed by atoms with Gasteiger partial charge in [0.25, 0.3) is 0 Å². The van der Waals surface area contributed by atoms with E-state index < -0.39 is 115 Å². The van der Waals surface area contributed by atoms with Crippen LogP contribution in [0.5, 0.6) is 5.75 Å². The second kappa shape index (κ2) is 12.4. The smallest absolute Gasteiger partial charge is 0.408 e. The Kier molecular flexibility index (Phi) is 11.2. The minimum absolute atomic E-state index is 0.00143. The van der Waals surface area contributed by atoms with Crippen LogP contribution in [0.3, 0.4) is 0 Å². The summed E-state index contributed by atoms with van der Waals surface area (Å²) in [6, 6.07) is -1.84. The van der Waals surface area contributed by atoms with Gasteiger partial charge in [0, 0.05) is 29.0 Å². The number of benzene rings is 1. The molecule has 1 aromatic carbocycles. The van der Waals surface area contributed by atoms with Crippen LogP contribution in [0, 0.1) is 0 Å². The highest BCUT2D eigenvalue weighted by molar-refractivity contribution is 14.1. The first kappa shape index (κ1) is 41.4. The van der Waals surface area contributed by atoms with Crippen LogP contribution in [0.1, 0.15) is 31.9 Å². The molecule has 0 saturated heterocycles. The Bertz CT molecular complexity index is 1290. The summed E-state index contributed by atoms with van der Waals surface area (Å²) in [5.74, 6) is -60.2. The van der Waals surface area contributed by atoms with Crippen LogP contribution >= 0.6 is 22.6 Å². The molecule has 46 heavy (non-hydrogen) atoms. The zero-order valence-electron chi connectivity index (χ0n) is 23.0. The number of alkyl carbamates (subject to hydrolysis) is 1. The first-order valence-electron chi connectivity index (χ1n) is 11.7. The van der Waals surface area contributed by atoms with Crippen LogP contribution in [0.15, 0.2) is 18.2 Å². The molecule has 1 rings (SSSR count). The van der Waals surface area contributed by atoms with Crippen molar-refractivity contribution < 1.29 is 94.4 Å². The number of methoxy groups -OCH3 is 1. The zero-order valence-corrected chi connectivity index (χ0v) is 25.2. The molecule has 0 spiro atoms. The number of ether oxygens (including phenoxy) is 2. The number of aromatic hydroxyl groups is 1. The van der Waals surface area contributed by atoms with E-state index in [2.05, 4.69) is 4.74 Å². The number of halogens is 17. The molecule has 0 heterocycles. The van der Waals surface area contributed by atoms with Gasteiger partial charge in [-0.05, 0) is 38.5 Å². The summed E-state index contributed by atoms with van der Waals surface area (Å²) < 4.78 is 226. The van der Waals surface area contributed by atoms with Gasteiger partial charge in [0.15, 0.2) is 0 Å². The molecule has 0 saturated carbocycles. The molecule has 0 fully saturated rings. The average molecular weight is 821 g/mol. The predicted molar refractivity (Wildman–Crippen MR) is 130 cm³/mol. The predicted octanol–water partition coefficient (Wildman–Crippen LogP) is 7.93. The molecule has 0 radical (unpaired) electrons. The molecular weight excluding hydrogens is 801 g/mol. The van der Waals surface area contributed by atoms with E-state index >= 15 is 0 Å². The summed E-state index contributed by atoms with van der Waals surface area (Å²) in [6.45, 7) is 4.03. The van der Waals surface area contributed by atoms with Crippen LogP contribution in [-0.4, -0.2) is 75.4 Å². The number of esters is 1. The summed E-state index contributed by atoms with van der Waals surface area (Å²) >= 11 is -0.981. The number of alkyl halides is 17. The van der Waals surface area contributed by atoms with Crippen molar-refractivity contribution in [3.63, 3.8) is 0 Å². The largest absolute Gasteiger partial charge is 0.507 e. The van der Waals surface area contributed by atoms with Gasteiger partial charge in [-0.1, -0.05) is 6.07 Å². The van der Waals surface area contributed by atoms with Crippen molar-refractivity contribution in [2.24, 2.45) is 0 Å². The maximum atomic E-state index is 14.9. The van der Waals surface area contributed by atoms with Gasteiger partial charge in [0.05, 0.1) is 12.7 Å². The number of hydrogen-bond donors (Lipinski definition) is 2. The first-order chi connectivity index (χ1) is 20.1. The summed E-state index contributed by atoms with van der Waals surface area (Å²) in [7, 11) is 0.724. The standard InChI is InChI=1S/C23H20F16INO5/c1-15(2,3)46-14(44)41-11(13(43)45-4)8-9-5-6-12(42)10(7-9)16(24,25)17(26,27)18(28,29)19(30,31)20(32,33)21(34,35)22(36,37)23(38,39)40/h5-7,11,42H,8H2,1-4H3,(H,41,44). The second-order valence-electron chi connectivity index (χ2n) is 10.3. The monoisotopic (exact) mass is 821 g/mol. The summed E-state index contributed by atoms with van der Waals surface area (Å²) in [5, 5.41) is 11.5. The molecule has 1 aromatic rings. The van der Waals surface area contributed by atoms with E-state index in [1.54, 1.807) is 0 Å². The van der Waals surface area contributed by atoms with E-state index in [-0.39, 0.29) is 12.1 Å². The Morgan fingerprint density at radius 3 is 1.57 bits per heavy atom. The topological polar surface area (TPSA) is 84.9 Å². The fourth-order valence-corrected chi connectivity index (χ4v) is 3.65. The highest BCUT2D eigenvalue weighted by Gasteiger charge is 2.94. The Morgan fingerprint density at radius 2 is 1.17 bits per heavy atom. The Labute approximate surface area is 260 Å². The number of rotatable bonds is 12. The Morgan fingerprint density at radius 1 is 0.761 bits per heavy atom. The quantitative estimate of drug-likeness (QED) is 0.0970. The lowest BCUT2D eigenvalue weighted by Crippen LogP contribution is -2.74. The molecule has 0 aliphatic heterocycles. The average Bonchev–Trinajstić information content (AvgIpc) is 2.86. The lowest BCUT2D eigenvalue weighted by atomic mass is 9.86. The Hall–Kier alpha value is -2.63. The normalized spacial score (nSPS) is 15.3. The maximum absolute atomic E-state index is 14.9. The fraction of sp³-hybridized carbons (Fsp3) is 0.652. The van der Waals surface area contributed by atoms with Crippen molar-refractivity contribution in [3.05, 3.63) is 29.3 Å². The molecule has 0 bridgehead atoms. The fourth-order valence-electron chi connectivity index (χ4n) is 3.32. The molecule has 266 valence electrons. The number of phenolic OH excluding ortho intramolecular Hbond substituents is 1. The number of carbonyl (C=O) groups is 2. The van der Waals surface area contributed by atoms with Crippen LogP contribution in [-0.2, 0) is 26.6 Å². The van der Waals surface area contributed by atoms with Gasteiger partial charge in [0.1, 0.15) is 17.4 Å². The van der Waals surface area contributed by atoms with Crippen molar-refractivity contribution >= 4 is 34.7 Å². The highest BCUT2D eigenvalue weighted by Crippen LogP contribution is 2.65. The number of hydrogen-bond acceptors (Lipinski definition) is 5. The molecule has 6 nitrogen and oxygen atoms in total. The van der Waals surface area contributed by atoms with E-state index in [4.69, 9.17) is 4.74 Å². The van der Waals surface area contributed by atoms with Gasteiger partial charge in [-0.2, -0.15) is 70.2 Å². The van der Waals surface area contributed by atoms with Gasteiger partial charge in [-0.15, -0.1) is 0 Å². The van der Waals surface area contributed by atoms with E-state index in [9.17, 15) is 84.9 Å². The number of carbonyl (C=O) groups excluding carboxylic acids is 2. The van der Waals surface area contributed by atoms with Crippen LogP contribution in [0.2, 0.25) is 0 Å². The van der Waals surface area contributed by atoms with Crippen LogP contribution < -0.4 is 5.32 Å². The summed E-state index contributed by atoms with van der Waals surface area (Å²) in [6.07, 6.45) is -2.47. The number of phenols is 1. The maximum Gasteiger partial charge on any atom is 0.408 e. The van der Waals surface area contributed by atoms with Crippen molar-refractivity contribution in [2.45, 2.75) is 84.2 Å². The first-order valence-corrected chi connectivity index (χ1v) is 12.8. The second-order valence-corrected chi connectivity index (χ2v) is 11.7.